The standard InChI is InChI=1S/C19H23NO/c1-19(2,17-7-5-4-6-8-17)18(20-3)14-9-10-15-12-21-13-16(15)11-14/h4-11,18,20H,12-13H2,1-3H3. The summed E-state index contributed by atoms with van der Waals surface area (Å²) in [5.74, 6) is 0. The number of hydrogen-bond acceptors (Lipinski definition) is 2. The maximum Gasteiger partial charge on any atom is 0.0725 e. The van der Waals surface area contributed by atoms with Gasteiger partial charge in [-0.05, 0) is 29.3 Å². The van der Waals surface area contributed by atoms with Crippen LogP contribution in [0, 0.1) is 0 Å². The van der Waals surface area contributed by atoms with Gasteiger partial charge in [-0.25, -0.2) is 0 Å². The van der Waals surface area contributed by atoms with Crippen LogP contribution in [0.4, 0.5) is 0 Å². The fraction of sp³-hybridized carbons (Fsp3) is 0.368. The zero-order chi connectivity index (χ0) is 14.9. The predicted molar refractivity (Wildman–Crippen MR) is 86.2 cm³/mol. The van der Waals surface area contributed by atoms with Crippen molar-refractivity contribution in [1.29, 1.82) is 0 Å². The summed E-state index contributed by atoms with van der Waals surface area (Å²) in [5.41, 5.74) is 5.35. The van der Waals surface area contributed by atoms with E-state index >= 15 is 0 Å². The van der Waals surface area contributed by atoms with E-state index in [1.807, 2.05) is 7.05 Å². The van der Waals surface area contributed by atoms with E-state index in [0.717, 1.165) is 13.2 Å². The van der Waals surface area contributed by atoms with Crippen molar-refractivity contribution in [1.82, 2.24) is 5.32 Å². The molecular weight excluding hydrogens is 258 g/mol. The van der Waals surface area contributed by atoms with Gasteiger partial charge in [-0.3, -0.25) is 0 Å². The van der Waals surface area contributed by atoms with Gasteiger partial charge in [0.05, 0.1) is 13.2 Å². The van der Waals surface area contributed by atoms with Crippen molar-refractivity contribution in [3.8, 4) is 0 Å². The van der Waals surface area contributed by atoms with Gasteiger partial charge in [-0.15, -0.1) is 0 Å². The van der Waals surface area contributed by atoms with Gasteiger partial charge < -0.3 is 10.1 Å². The molecule has 0 fully saturated rings. The van der Waals surface area contributed by atoms with Gasteiger partial charge in [0.15, 0.2) is 0 Å². The zero-order valence-electron chi connectivity index (χ0n) is 13.0. The SMILES string of the molecule is CNC(c1ccc2c(c1)COC2)C(C)(C)c1ccccc1. The molecule has 1 aliphatic rings. The van der Waals surface area contributed by atoms with Gasteiger partial charge in [0.2, 0.25) is 0 Å². The third kappa shape index (κ3) is 2.61. The number of nitrogens with one attached hydrogen (secondary N) is 1. The Kier molecular flexibility index (Phi) is 3.83. The van der Waals surface area contributed by atoms with Crippen molar-refractivity contribution < 1.29 is 4.74 Å². The van der Waals surface area contributed by atoms with E-state index in [9.17, 15) is 0 Å². The highest BCUT2D eigenvalue weighted by atomic mass is 16.5. The first-order chi connectivity index (χ1) is 10.1. The molecule has 1 N–H and O–H groups in total. The first-order valence-corrected chi connectivity index (χ1v) is 7.55. The van der Waals surface area contributed by atoms with Gasteiger partial charge >= 0.3 is 0 Å². The number of rotatable bonds is 4. The second kappa shape index (κ2) is 5.63. The first-order valence-electron chi connectivity index (χ1n) is 7.55. The van der Waals surface area contributed by atoms with E-state index in [-0.39, 0.29) is 11.5 Å². The molecule has 0 aliphatic carbocycles. The molecule has 1 atom stereocenters. The van der Waals surface area contributed by atoms with Gasteiger partial charge in [0.25, 0.3) is 0 Å². The smallest absolute Gasteiger partial charge is 0.0725 e. The number of fused-ring (bicyclic) bond motifs is 1. The lowest BCUT2D eigenvalue weighted by Gasteiger charge is -2.35. The monoisotopic (exact) mass is 281 g/mol. The van der Waals surface area contributed by atoms with Crippen molar-refractivity contribution in [2.75, 3.05) is 7.05 Å². The molecule has 2 aromatic carbocycles. The summed E-state index contributed by atoms with van der Waals surface area (Å²) in [5, 5.41) is 3.51. The van der Waals surface area contributed by atoms with Gasteiger partial charge in [-0.2, -0.15) is 0 Å². The minimum absolute atomic E-state index is 0.0176. The van der Waals surface area contributed by atoms with Gasteiger partial charge in [0, 0.05) is 11.5 Å². The second-order valence-corrected chi connectivity index (χ2v) is 6.33. The summed E-state index contributed by atoms with van der Waals surface area (Å²) < 4.78 is 5.53. The minimum atomic E-state index is 0.0176. The van der Waals surface area contributed by atoms with Crippen molar-refractivity contribution in [2.45, 2.75) is 38.5 Å². The van der Waals surface area contributed by atoms with Gasteiger partial charge in [-0.1, -0.05) is 62.4 Å². The Morgan fingerprint density at radius 2 is 1.71 bits per heavy atom. The molecular formula is C19H23NO. The molecule has 0 bridgehead atoms. The Morgan fingerprint density at radius 1 is 1.00 bits per heavy atom. The molecule has 0 spiro atoms. The normalized spacial score (nSPS) is 15.8. The predicted octanol–water partition coefficient (Wildman–Crippen LogP) is 3.96. The van der Waals surface area contributed by atoms with Crippen molar-refractivity contribution in [2.24, 2.45) is 0 Å². The summed E-state index contributed by atoms with van der Waals surface area (Å²) >= 11 is 0. The Bertz CT molecular complexity index is 619. The average Bonchev–Trinajstić information content (AvgIpc) is 2.96. The van der Waals surface area contributed by atoms with Crippen LogP contribution in [0.25, 0.3) is 0 Å². The van der Waals surface area contributed by atoms with Crippen LogP contribution in [0.15, 0.2) is 48.5 Å². The van der Waals surface area contributed by atoms with E-state index in [4.69, 9.17) is 4.74 Å². The molecule has 2 nitrogen and oxygen atoms in total. The molecule has 1 aliphatic heterocycles. The number of ether oxygens (including phenoxy) is 1. The maximum absolute atomic E-state index is 5.53. The Balaban J connectivity index is 1.98. The topological polar surface area (TPSA) is 21.3 Å². The fourth-order valence-corrected chi connectivity index (χ4v) is 3.35. The zero-order valence-corrected chi connectivity index (χ0v) is 13.0. The highest BCUT2D eigenvalue weighted by Gasteiger charge is 2.31. The second-order valence-electron chi connectivity index (χ2n) is 6.33. The van der Waals surface area contributed by atoms with Crippen LogP contribution in [0.3, 0.4) is 0 Å². The lowest BCUT2D eigenvalue weighted by atomic mass is 9.74. The lowest BCUT2D eigenvalue weighted by Crippen LogP contribution is -2.35. The number of hydrogen-bond donors (Lipinski definition) is 1. The largest absolute Gasteiger partial charge is 0.372 e. The molecule has 0 saturated heterocycles. The highest BCUT2D eigenvalue weighted by Crippen LogP contribution is 2.37. The third-order valence-corrected chi connectivity index (χ3v) is 4.61. The van der Waals surface area contributed by atoms with Crippen LogP contribution >= 0.6 is 0 Å². The molecule has 2 heteroatoms. The van der Waals surface area contributed by atoms with Crippen molar-refractivity contribution >= 4 is 0 Å². The Morgan fingerprint density at radius 3 is 2.43 bits per heavy atom. The summed E-state index contributed by atoms with van der Waals surface area (Å²) in [6, 6.07) is 17.7. The van der Waals surface area contributed by atoms with E-state index in [2.05, 4.69) is 67.7 Å². The number of likely N-dealkylation sites (N-methyl/N-ethyl adjacent to an activating group) is 1. The molecule has 0 amide bonds. The fourth-order valence-electron chi connectivity index (χ4n) is 3.35. The lowest BCUT2D eigenvalue weighted by molar-refractivity contribution is 0.134. The van der Waals surface area contributed by atoms with Crippen LogP contribution < -0.4 is 5.32 Å². The molecule has 21 heavy (non-hydrogen) atoms. The summed E-state index contributed by atoms with van der Waals surface area (Å²) in [6.45, 7) is 6.09. The molecule has 2 aromatic rings. The van der Waals surface area contributed by atoms with E-state index in [0.29, 0.717) is 0 Å². The van der Waals surface area contributed by atoms with E-state index in [1.165, 1.54) is 22.3 Å². The molecule has 0 radical (unpaired) electrons. The summed E-state index contributed by atoms with van der Waals surface area (Å²) in [4.78, 5) is 0. The highest BCUT2D eigenvalue weighted by molar-refractivity contribution is 5.38. The summed E-state index contributed by atoms with van der Waals surface area (Å²) in [7, 11) is 2.04. The van der Waals surface area contributed by atoms with E-state index < -0.39 is 0 Å². The summed E-state index contributed by atoms with van der Waals surface area (Å²) in [6.07, 6.45) is 0. The van der Waals surface area contributed by atoms with Crippen LogP contribution in [-0.4, -0.2) is 7.05 Å². The van der Waals surface area contributed by atoms with Crippen molar-refractivity contribution in [3.05, 3.63) is 70.8 Å². The van der Waals surface area contributed by atoms with Crippen LogP contribution in [0.2, 0.25) is 0 Å². The van der Waals surface area contributed by atoms with E-state index in [1.54, 1.807) is 0 Å². The van der Waals surface area contributed by atoms with Crippen LogP contribution in [0.1, 0.15) is 42.1 Å². The Labute approximate surface area is 127 Å². The minimum Gasteiger partial charge on any atom is -0.372 e. The molecule has 110 valence electrons. The van der Waals surface area contributed by atoms with Gasteiger partial charge in [0.1, 0.15) is 0 Å². The molecule has 1 unspecified atom stereocenters. The first kappa shape index (κ1) is 14.3. The van der Waals surface area contributed by atoms with Crippen LogP contribution in [0.5, 0.6) is 0 Å². The molecule has 3 rings (SSSR count). The molecule has 1 heterocycles. The number of benzene rings is 2. The van der Waals surface area contributed by atoms with Crippen molar-refractivity contribution in [3.63, 3.8) is 0 Å². The molecule has 0 saturated carbocycles. The Hall–Kier alpha value is -1.64. The maximum atomic E-state index is 5.53. The quantitative estimate of drug-likeness (QED) is 0.916. The average molecular weight is 281 g/mol. The third-order valence-electron chi connectivity index (χ3n) is 4.61. The van der Waals surface area contributed by atoms with Crippen LogP contribution in [-0.2, 0) is 23.4 Å². The molecule has 0 aromatic heterocycles.